The fraction of sp³-hybridized carbons (Fsp3) is 0.500. The van der Waals surface area contributed by atoms with Gasteiger partial charge in [0.05, 0.1) is 0 Å². The molecule has 3 heteroatoms. The fourth-order valence-electron chi connectivity index (χ4n) is 0.662. The van der Waals surface area contributed by atoms with E-state index in [1.807, 2.05) is 6.08 Å². The molecule has 9 heavy (non-hydrogen) atoms. The van der Waals surface area contributed by atoms with Crippen LogP contribution in [0.4, 0.5) is 0 Å². The van der Waals surface area contributed by atoms with Crippen LogP contribution >= 0.6 is 22.6 Å². The van der Waals surface area contributed by atoms with Gasteiger partial charge in [-0.2, -0.15) is 0 Å². The normalized spacial score (nSPS) is 25.9. The minimum Gasteiger partial charge on any atom is -0.458 e. The Hall–Kier alpha value is -0.0600. The average molecular weight is 238 g/mol. The quantitative estimate of drug-likeness (QED) is 0.391. The van der Waals surface area contributed by atoms with E-state index in [2.05, 4.69) is 22.6 Å². The van der Waals surface area contributed by atoms with Gasteiger partial charge in [0.25, 0.3) is 0 Å². The van der Waals surface area contributed by atoms with Gasteiger partial charge in [-0.1, -0.05) is 28.7 Å². The van der Waals surface area contributed by atoms with Crippen LogP contribution in [0, 0.1) is 0 Å². The molecule has 1 aliphatic heterocycles. The zero-order valence-corrected chi connectivity index (χ0v) is 7.00. The summed E-state index contributed by atoms with van der Waals surface area (Å²) in [6.07, 6.45) is 4.32. The molecule has 0 N–H and O–H groups in total. The molecule has 0 radical (unpaired) electrons. The van der Waals surface area contributed by atoms with E-state index >= 15 is 0 Å². The Labute approximate surface area is 67.4 Å². The number of halogens is 1. The molecular weight excluding hydrogens is 231 g/mol. The second-order valence-corrected chi connectivity index (χ2v) is 2.73. The van der Waals surface area contributed by atoms with Crippen molar-refractivity contribution in [2.75, 3.05) is 4.43 Å². The number of cyclic esters (lactones) is 1. The highest BCUT2D eigenvalue weighted by atomic mass is 127. The van der Waals surface area contributed by atoms with E-state index in [0.717, 1.165) is 10.8 Å². The van der Waals surface area contributed by atoms with Crippen LogP contribution in [0.1, 0.15) is 6.42 Å². The molecule has 0 bridgehead atoms. The van der Waals surface area contributed by atoms with Gasteiger partial charge in [0, 0.05) is 16.9 Å². The van der Waals surface area contributed by atoms with E-state index < -0.39 is 0 Å². The van der Waals surface area contributed by atoms with Gasteiger partial charge in [0.1, 0.15) is 6.10 Å². The SMILES string of the molecule is O=C1C=CC[C@@H](CI)O1. The second-order valence-electron chi connectivity index (χ2n) is 1.85. The first kappa shape index (κ1) is 7.05. The molecule has 0 unspecified atom stereocenters. The smallest absolute Gasteiger partial charge is 0.330 e. The number of alkyl halides is 1. The minimum absolute atomic E-state index is 0.114. The van der Waals surface area contributed by atoms with Crippen LogP contribution in [-0.2, 0) is 9.53 Å². The summed E-state index contributed by atoms with van der Waals surface area (Å²) in [5, 5.41) is 0. The van der Waals surface area contributed by atoms with Gasteiger partial charge in [0.2, 0.25) is 0 Å². The predicted octanol–water partition coefficient (Wildman–Crippen LogP) is 1.29. The third-order valence-electron chi connectivity index (χ3n) is 1.11. The lowest BCUT2D eigenvalue weighted by molar-refractivity contribution is -0.142. The summed E-state index contributed by atoms with van der Waals surface area (Å²) < 4.78 is 5.78. The number of ether oxygens (including phenoxy) is 1. The summed E-state index contributed by atoms with van der Waals surface area (Å²) >= 11 is 2.21. The van der Waals surface area contributed by atoms with Crippen molar-refractivity contribution < 1.29 is 9.53 Å². The highest BCUT2D eigenvalue weighted by Gasteiger charge is 2.13. The molecular formula is C6H7IO2. The summed E-state index contributed by atoms with van der Waals surface area (Å²) in [6, 6.07) is 0. The zero-order chi connectivity index (χ0) is 6.69. The van der Waals surface area contributed by atoms with Crippen molar-refractivity contribution in [3.63, 3.8) is 0 Å². The Morgan fingerprint density at radius 1 is 1.89 bits per heavy atom. The standard InChI is InChI=1S/C6H7IO2/c7-4-5-2-1-3-6(8)9-5/h1,3,5H,2,4H2/t5-/m0/s1. The Kier molecular flexibility index (Phi) is 2.50. The molecule has 0 aromatic rings. The average Bonchev–Trinajstić information content (AvgIpc) is 1.88. The first-order valence-electron chi connectivity index (χ1n) is 2.76. The number of carbonyl (C=O) groups excluding carboxylic acids is 1. The monoisotopic (exact) mass is 238 g/mol. The number of carbonyl (C=O) groups is 1. The maximum absolute atomic E-state index is 10.5. The van der Waals surface area contributed by atoms with E-state index in [1.165, 1.54) is 6.08 Å². The van der Waals surface area contributed by atoms with E-state index in [1.54, 1.807) is 0 Å². The van der Waals surface area contributed by atoms with Crippen LogP contribution in [0.15, 0.2) is 12.2 Å². The van der Waals surface area contributed by atoms with Crippen molar-refractivity contribution in [1.82, 2.24) is 0 Å². The molecule has 0 aliphatic carbocycles. The van der Waals surface area contributed by atoms with E-state index in [0.29, 0.717) is 0 Å². The van der Waals surface area contributed by atoms with Gasteiger partial charge in [-0.3, -0.25) is 0 Å². The van der Waals surface area contributed by atoms with Crippen molar-refractivity contribution in [3.8, 4) is 0 Å². The Balaban J connectivity index is 2.47. The van der Waals surface area contributed by atoms with Crippen LogP contribution < -0.4 is 0 Å². The van der Waals surface area contributed by atoms with Crippen molar-refractivity contribution in [1.29, 1.82) is 0 Å². The Morgan fingerprint density at radius 3 is 3.11 bits per heavy atom. The van der Waals surface area contributed by atoms with Gasteiger partial charge < -0.3 is 4.74 Å². The summed E-state index contributed by atoms with van der Waals surface area (Å²) in [7, 11) is 0. The van der Waals surface area contributed by atoms with E-state index in [-0.39, 0.29) is 12.1 Å². The van der Waals surface area contributed by atoms with Gasteiger partial charge in [-0.05, 0) is 0 Å². The summed E-state index contributed by atoms with van der Waals surface area (Å²) in [6.45, 7) is 0. The summed E-state index contributed by atoms with van der Waals surface area (Å²) in [5.74, 6) is -0.206. The van der Waals surface area contributed by atoms with Crippen LogP contribution in [0.25, 0.3) is 0 Å². The van der Waals surface area contributed by atoms with Crippen molar-refractivity contribution in [3.05, 3.63) is 12.2 Å². The highest BCUT2D eigenvalue weighted by Crippen LogP contribution is 2.09. The molecule has 0 amide bonds. The maximum atomic E-state index is 10.5. The van der Waals surface area contributed by atoms with Gasteiger partial charge in [0.15, 0.2) is 0 Å². The van der Waals surface area contributed by atoms with E-state index in [4.69, 9.17) is 4.74 Å². The molecule has 1 aliphatic rings. The lowest BCUT2D eigenvalue weighted by atomic mass is 10.2. The third kappa shape index (κ3) is 1.97. The van der Waals surface area contributed by atoms with Crippen LogP contribution in [0.3, 0.4) is 0 Å². The molecule has 0 aromatic heterocycles. The van der Waals surface area contributed by atoms with E-state index in [9.17, 15) is 4.79 Å². The van der Waals surface area contributed by atoms with Crippen LogP contribution in [0.5, 0.6) is 0 Å². The number of rotatable bonds is 1. The number of esters is 1. The van der Waals surface area contributed by atoms with Crippen LogP contribution in [-0.4, -0.2) is 16.5 Å². The molecule has 0 saturated heterocycles. The van der Waals surface area contributed by atoms with Gasteiger partial charge in [-0.15, -0.1) is 0 Å². The molecule has 0 aromatic carbocycles. The molecule has 0 spiro atoms. The minimum atomic E-state index is -0.206. The molecule has 0 saturated carbocycles. The highest BCUT2D eigenvalue weighted by molar-refractivity contribution is 14.1. The van der Waals surface area contributed by atoms with Crippen molar-refractivity contribution >= 4 is 28.6 Å². The summed E-state index contributed by atoms with van der Waals surface area (Å²) in [5.41, 5.74) is 0. The fourth-order valence-corrected chi connectivity index (χ4v) is 1.20. The zero-order valence-electron chi connectivity index (χ0n) is 4.84. The van der Waals surface area contributed by atoms with Gasteiger partial charge in [-0.25, -0.2) is 4.79 Å². The summed E-state index contributed by atoms with van der Waals surface area (Å²) in [4.78, 5) is 10.5. The molecule has 2 nitrogen and oxygen atoms in total. The molecule has 1 heterocycles. The molecule has 0 fully saturated rings. The lowest BCUT2D eigenvalue weighted by Crippen LogP contribution is -2.20. The van der Waals surface area contributed by atoms with Crippen LogP contribution in [0.2, 0.25) is 0 Å². The van der Waals surface area contributed by atoms with Crippen molar-refractivity contribution in [2.45, 2.75) is 12.5 Å². The largest absolute Gasteiger partial charge is 0.458 e. The first-order chi connectivity index (χ1) is 4.33. The third-order valence-corrected chi connectivity index (χ3v) is 2.09. The first-order valence-corrected chi connectivity index (χ1v) is 4.28. The molecule has 1 atom stereocenters. The molecule has 1 rings (SSSR count). The van der Waals surface area contributed by atoms with Gasteiger partial charge >= 0.3 is 5.97 Å². The number of hydrogen-bond acceptors (Lipinski definition) is 2. The predicted molar refractivity (Wildman–Crippen MR) is 42.5 cm³/mol. The number of hydrogen-bond donors (Lipinski definition) is 0. The topological polar surface area (TPSA) is 26.3 Å². The molecule has 50 valence electrons. The maximum Gasteiger partial charge on any atom is 0.330 e. The Morgan fingerprint density at radius 2 is 2.67 bits per heavy atom. The Bertz CT molecular complexity index is 142. The lowest BCUT2D eigenvalue weighted by Gasteiger charge is -2.14. The second kappa shape index (κ2) is 3.20. The van der Waals surface area contributed by atoms with Crippen molar-refractivity contribution in [2.24, 2.45) is 0 Å².